The molecule has 0 aliphatic rings. The molecule has 3 aromatic heterocycles. The van der Waals surface area contributed by atoms with Gasteiger partial charge in [0.2, 0.25) is 17.6 Å². The molecule has 1 amide bonds. The van der Waals surface area contributed by atoms with Gasteiger partial charge in [-0.2, -0.15) is 4.98 Å². The number of hydrogen-bond acceptors (Lipinski definition) is 6. The van der Waals surface area contributed by atoms with Gasteiger partial charge in [0.1, 0.15) is 24.1 Å². The third-order valence-electron chi connectivity index (χ3n) is 5.90. The van der Waals surface area contributed by atoms with Crippen LogP contribution in [0.5, 0.6) is 0 Å². The topological polar surface area (TPSA) is 108 Å². The smallest absolute Gasteiger partial charge is 0.278 e. The minimum absolute atomic E-state index is 0.0431. The van der Waals surface area contributed by atoms with E-state index >= 15 is 0 Å². The molecule has 36 heavy (non-hydrogen) atoms. The Morgan fingerprint density at radius 3 is 2.44 bits per heavy atom. The second kappa shape index (κ2) is 8.95. The first-order chi connectivity index (χ1) is 17.7. The molecule has 6 rings (SSSR count). The van der Waals surface area contributed by atoms with Crippen molar-refractivity contribution in [1.82, 2.24) is 24.3 Å². The Morgan fingerprint density at radius 1 is 0.917 bits per heavy atom. The van der Waals surface area contributed by atoms with E-state index in [0.717, 1.165) is 16.5 Å². The predicted molar refractivity (Wildman–Crippen MR) is 135 cm³/mol. The van der Waals surface area contributed by atoms with Crippen LogP contribution in [0.15, 0.2) is 101 Å². The highest BCUT2D eigenvalue weighted by atomic mass is 16.5. The monoisotopic (exact) mass is 476 g/mol. The summed E-state index contributed by atoms with van der Waals surface area (Å²) in [5.74, 6) is 0.476. The summed E-state index contributed by atoms with van der Waals surface area (Å²) in [6.07, 6.45) is 1.47. The summed E-state index contributed by atoms with van der Waals surface area (Å²) in [6, 6.07) is 26.2. The van der Waals surface area contributed by atoms with E-state index in [0.29, 0.717) is 22.5 Å². The van der Waals surface area contributed by atoms with E-state index in [1.807, 2.05) is 84.9 Å². The number of carbonyl (C=O) groups is 1. The number of fused-ring (bicyclic) bond motifs is 3. The van der Waals surface area contributed by atoms with E-state index in [-0.39, 0.29) is 30.4 Å². The maximum absolute atomic E-state index is 13.6. The van der Waals surface area contributed by atoms with Gasteiger partial charge < -0.3 is 14.4 Å². The highest BCUT2D eigenvalue weighted by Gasteiger charge is 2.19. The standard InChI is InChI=1S/C27H20N6O3/c34-22(29-19-11-5-2-6-12-19)15-33-21-14-8-7-13-20(21)24-25(33)27(35)32(17-28-24)16-23-30-26(31-36-23)18-9-3-1-4-10-18/h1-14,17H,15-16H2,(H,29,34). The van der Waals surface area contributed by atoms with Crippen LogP contribution < -0.4 is 10.9 Å². The van der Waals surface area contributed by atoms with Crippen LogP contribution in [0, 0.1) is 0 Å². The van der Waals surface area contributed by atoms with Gasteiger partial charge in [-0.15, -0.1) is 0 Å². The van der Waals surface area contributed by atoms with Crippen LogP contribution >= 0.6 is 0 Å². The second-order valence-corrected chi connectivity index (χ2v) is 8.27. The van der Waals surface area contributed by atoms with E-state index in [1.165, 1.54) is 10.9 Å². The number of amides is 1. The van der Waals surface area contributed by atoms with Crippen molar-refractivity contribution in [3.8, 4) is 11.4 Å². The Hall–Kier alpha value is -5.05. The van der Waals surface area contributed by atoms with Crippen molar-refractivity contribution < 1.29 is 9.32 Å². The van der Waals surface area contributed by atoms with Crippen molar-refractivity contribution in [2.24, 2.45) is 0 Å². The molecule has 0 spiro atoms. The first kappa shape index (κ1) is 21.5. The highest BCUT2D eigenvalue weighted by molar-refractivity contribution is 6.06. The van der Waals surface area contributed by atoms with Crippen molar-refractivity contribution >= 4 is 33.5 Å². The van der Waals surface area contributed by atoms with E-state index in [2.05, 4.69) is 20.4 Å². The van der Waals surface area contributed by atoms with Gasteiger partial charge in [-0.05, 0) is 18.2 Å². The maximum atomic E-state index is 13.6. The number of benzene rings is 3. The van der Waals surface area contributed by atoms with Crippen LogP contribution in [0.1, 0.15) is 5.89 Å². The third kappa shape index (κ3) is 3.92. The molecule has 1 N–H and O–H groups in total. The molecule has 0 aliphatic carbocycles. The number of anilines is 1. The maximum Gasteiger partial charge on any atom is 0.278 e. The molecule has 3 aromatic carbocycles. The predicted octanol–water partition coefficient (Wildman–Crippen LogP) is 4.09. The molecule has 0 radical (unpaired) electrons. The molecular weight excluding hydrogens is 456 g/mol. The molecule has 6 aromatic rings. The Bertz CT molecular complexity index is 1750. The summed E-state index contributed by atoms with van der Waals surface area (Å²) < 4.78 is 8.51. The van der Waals surface area contributed by atoms with Crippen molar-refractivity contribution in [3.63, 3.8) is 0 Å². The Kier molecular flexibility index (Phi) is 5.34. The molecule has 0 unspecified atom stereocenters. The minimum Gasteiger partial charge on any atom is -0.337 e. The molecule has 0 atom stereocenters. The zero-order valence-corrected chi connectivity index (χ0v) is 19.0. The Labute approximate surface area is 204 Å². The van der Waals surface area contributed by atoms with Gasteiger partial charge in [0, 0.05) is 16.6 Å². The van der Waals surface area contributed by atoms with Crippen molar-refractivity contribution in [3.05, 3.63) is 108 Å². The number of hydrogen-bond donors (Lipinski definition) is 1. The van der Waals surface area contributed by atoms with Gasteiger partial charge in [0.25, 0.3) is 5.56 Å². The SMILES string of the molecule is O=C(Cn1c2ccccc2c2ncn(Cc3nc(-c4ccccc4)no3)c(=O)c21)Nc1ccccc1. The molecule has 0 fully saturated rings. The molecule has 176 valence electrons. The van der Waals surface area contributed by atoms with Crippen LogP contribution in [0.2, 0.25) is 0 Å². The van der Waals surface area contributed by atoms with E-state index in [9.17, 15) is 9.59 Å². The van der Waals surface area contributed by atoms with Gasteiger partial charge in [-0.3, -0.25) is 14.2 Å². The van der Waals surface area contributed by atoms with Gasteiger partial charge in [0.05, 0.1) is 11.8 Å². The molecule has 0 saturated heterocycles. The fourth-order valence-electron chi connectivity index (χ4n) is 4.26. The number of nitrogens with one attached hydrogen (secondary N) is 1. The first-order valence-corrected chi connectivity index (χ1v) is 11.4. The first-order valence-electron chi connectivity index (χ1n) is 11.4. The summed E-state index contributed by atoms with van der Waals surface area (Å²) in [5, 5.41) is 7.71. The molecule has 0 aliphatic heterocycles. The van der Waals surface area contributed by atoms with Crippen molar-refractivity contribution in [2.45, 2.75) is 13.1 Å². The zero-order chi connectivity index (χ0) is 24.5. The van der Waals surface area contributed by atoms with Gasteiger partial charge in [0.15, 0.2) is 0 Å². The average Bonchev–Trinajstić information content (AvgIpc) is 3.50. The number of nitrogens with zero attached hydrogens (tertiary/aromatic N) is 5. The second-order valence-electron chi connectivity index (χ2n) is 8.27. The van der Waals surface area contributed by atoms with E-state index in [4.69, 9.17) is 4.52 Å². The number of para-hydroxylation sites is 2. The number of carbonyl (C=O) groups excluding carboxylic acids is 1. The summed E-state index contributed by atoms with van der Waals surface area (Å²) in [5.41, 5.74) is 2.83. The minimum atomic E-state index is -0.303. The summed E-state index contributed by atoms with van der Waals surface area (Å²) in [4.78, 5) is 35.5. The van der Waals surface area contributed by atoms with Crippen molar-refractivity contribution in [1.29, 1.82) is 0 Å². The molecule has 0 saturated carbocycles. The van der Waals surface area contributed by atoms with Gasteiger partial charge in [-0.25, -0.2) is 4.98 Å². The average molecular weight is 476 g/mol. The lowest BCUT2D eigenvalue weighted by atomic mass is 10.2. The Balaban J connectivity index is 1.38. The number of rotatable bonds is 6. The summed E-state index contributed by atoms with van der Waals surface area (Å²) in [6.45, 7) is 0.0118. The fourth-order valence-corrected chi connectivity index (χ4v) is 4.26. The van der Waals surface area contributed by atoms with Gasteiger partial charge >= 0.3 is 0 Å². The van der Waals surface area contributed by atoms with Crippen LogP contribution in [0.3, 0.4) is 0 Å². The van der Waals surface area contributed by atoms with E-state index in [1.54, 1.807) is 4.57 Å². The number of aromatic nitrogens is 5. The lowest BCUT2D eigenvalue weighted by Crippen LogP contribution is -2.25. The third-order valence-corrected chi connectivity index (χ3v) is 5.90. The van der Waals surface area contributed by atoms with Gasteiger partial charge in [-0.1, -0.05) is 71.9 Å². The fraction of sp³-hybridized carbons (Fsp3) is 0.0741. The van der Waals surface area contributed by atoms with Crippen LogP contribution in [0.25, 0.3) is 33.3 Å². The Morgan fingerprint density at radius 2 is 1.64 bits per heavy atom. The summed E-state index contributed by atoms with van der Waals surface area (Å²) in [7, 11) is 0. The molecule has 0 bridgehead atoms. The largest absolute Gasteiger partial charge is 0.337 e. The zero-order valence-electron chi connectivity index (χ0n) is 19.0. The van der Waals surface area contributed by atoms with Crippen LogP contribution in [-0.4, -0.2) is 30.2 Å². The molecule has 9 heteroatoms. The lowest BCUT2D eigenvalue weighted by Gasteiger charge is -2.09. The lowest BCUT2D eigenvalue weighted by molar-refractivity contribution is -0.116. The normalized spacial score (nSPS) is 11.2. The molecular formula is C27H20N6O3. The summed E-state index contributed by atoms with van der Waals surface area (Å²) >= 11 is 0. The van der Waals surface area contributed by atoms with E-state index < -0.39 is 0 Å². The van der Waals surface area contributed by atoms with Crippen LogP contribution in [-0.2, 0) is 17.9 Å². The highest BCUT2D eigenvalue weighted by Crippen LogP contribution is 2.25. The molecule has 3 heterocycles. The molecule has 9 nitrogen and oxygen atoms in total. The van der Waals surface area contributed by atoms with Crippen molar-refractivity contribution in [2.75, 3.05) is 5.32 Å². The quantitative estimate of drug-likeness (QED) is 0.388. The van der Waals surface area contributed by atoms with Crippen LogP contribution in [0.4, 0.5) is 5.69 Å².